The van der Waals surface area contributed by atoms with E-state index in [1.54, 1.807) is 0 Å². The summed E-state index contributed by atoms with van der Waals surface area (Å²) in [6.45, 7) is 2.88. The minimum absolute atomic E-state index is 0.0739. The summed E-state index contributed by atoms with van der Waals surface area (Å²) in [6.07, 6.45) is 6.85. The van der Waals surface area contributed by atoms with E-state index in [4.69, 9.17) is 0 Å². The molecule has 232 valence electrons. The minimum atomic E-state index is -0.105. The van der Waals surface area contributed by atoms with Crippen LogP contribution in [0, 0.1) is 0 Å². The molecule has 1 aliphatic carbocycles. The molecule has 45 heavy (non-hydrogen) atoms. The Bertz CT molecular complexity index is 1710. The van der Waals surface area contributed by atoms with E-state index in [0.717, 1.165) is 90.6 Å². The molecule has 0 radical (unpaired) electrons. The zero-order valence-corrected chi connectivity index (χ0v) is 26.6. The van der Waals surface area contributed by atoms with Gasteiger partial charge in [0.25, 0.3) is 0 Å². The number of piperidine rings is 1. The maximum absolute atomic E-state index is 12.9. The van der Waals surface area contributed by atoms with Crippen LogP contribution in [0.25, 0.3) is 0 Å². The summed E-state index contributed by atoms with van der Waals surface area (Å²) in [5.41, 5.74) is 5.48. The molecule has 1 saturated carbocycles. The van der Waals surface area contributed by atoms with Crippen LogP contribution >= 0.6 is 22.7 Å². The van der Waals surface area contributed by atoms with Crippen molar-refractivity contribution in [2.75, 3.05) is 30.3 Å². The second kappa shape index (κ2) is 13.6. The van der Waals surface area contributed by atoms with Gasteiger partial charge in [0.05, 0.1) is 25.1 Å². The number of nitrogens with zero attached hydrogens (tertiary/aromatic N) is 5. The van der Waals surface area contributed by atoms with E-state index in [9.17, 15) is 9.59 Å². The third kappa shape index (κ3) is 7.69. The molecular weight excluding hydrogens is 605 g/mol. The molecule has 3 N–H and O–H groups in total. The van der Waals surface area contributed by atoms with Crippen LogP contribution in [0.1, 0.15) is 88.5 Å². The lowest BCUT2D eigenvalue weighted by Gasteiger charge is -2.25. The quantitative estimate of drug-likeness (QED) is 0.210. The number of hydrogen-bond acceptors (Lipinski definition) is 10. The average Bonchev–Trinajstić information content (AvgIpc) is 3.64. The molecule has 2 atom stereocenters. The Kier molecular flexibility index (Phi) is 9.04. The summed E-state index contributed by atoms with van der Waals surface area (Å²) < 4.78 is 0. The molecule has 4 aromatic rings. The first kappa shape index (κ1) is 29.8. The van der Waals surface area contributed by atoms with Gasteiger partial charge < -0.3 is 16.0 Å². The molecule has 1 saturated heterocycles. The number of aromatic nitrogens is 4. The summed E-state index contributed by atoms with van der Waals surface area (Å²) in [5.74, 6) is 0.874. The lowest BCUT2D eigenvalue weighted by atomic mass is 9.82. The standard InChI is InChI=1S/C33H36N8O2S2/c42-28(16-20-4-1-6-23(14-20)22-10-12-34-13-11-22)36-32-40-38-30(44-32)25-8-3-9-26(18-25)31-39-41-33(45-31)37-29(43)17-21-5-2-7-24(15-21)27-19-35-27/h1-2,4-7,14-15,22,25-26,34H,3,8-13,16-19H2,(H,36,40,42)(H,37,41,43)/t25-,26-/m0/s1. The first-order valence-electron chi connectivity index (χ1n) is 15.7. The first-order chi connectivity index (χ1) is 22.1. The molecule has 2 aliphatic heterocycles. The summed E-state index contributed by atoms with van der Waals surface area (Å²) in [5, 5.41) is 29.7. The molecule has 4 heterocycles. The first-order valence-corrected chi connectivity index (χ1v) is 17.4. The number of anilines is 2. The highest BCUT2D eigenvalue weighted by atomic mass is 32.1. The molecule has 2 amide bonds. The van der Waals surface area contributed by atoms with E-state index in [0.29, 0.717) is 22.6 Å². The van der Waals surface area contributed by atoms with Gasteiger partial charge in [-0.2, -0.15) is 0 Å². The van der Waals surface area contributed by atoms with Gasteiger partial charge in [0, 0.05) is 11.8 Å². The lowest BCUT2D eigenvalue weighted by molar-refractivity contribution is -0.116. The van der Waals surface area contributed by atoms with Crippen molar-refractivity contribution >= 4 is 50.5 Å². The number of rotatable bonds is 10. The normalized spacial score (nSPS) is 20.0. The number of nitrogens with one attached hydrogen (secondary N) is 3. The van der Waals surface area contributed by atoms with Crippen LogP contribution in [-0.2, 0) is 22.4 Å². The Balaban J connectivity index is 0.913. The Labute approximate surface area is 270 Å². The van der Waals surface area contributed by atoms with E-state index in [1.807, 2.05) is 30.3 Å². The summed E-state index contributed by atoms with van der Waals surface area (Å²) in [7, 11) is 0. The van der Waals surface area contributed by atoms with Gasteiger partial charge in [-0.05, 0) is 79.4 Å². The van der Waals surface area contributed by atoms with Crippen LogP contribution in [0.5, 0.6) is 0 Å². The van der Waals surface area contributed by atoms with Gasteiger partial charge in [-0.15, -0.1) is 20.4 Å². The Hall–Kier alpha value is -3.87. The molecule has 0 spiro atoms. The van der Waals surface area contributed by atoms with Crippen LogP contribution in [0.3, 0.4) is 0 Å². The maximum atomic E-state index is 12.9. The minimum Gasteiger partial charge on any atom is -0.317 e. The predicted octanol–water partition coefficient (Wildman–Crippen LogP) is 5.46. The summed E-state index contributed by atoms with van der Waals surface area (Å²) >= 11 is 2.92. The van der Waals surface area contributed by atoms with Crippen LogP contribution in [0.4, 0.5) is 10.3 Å². The van der Waals surface area contributed by atoms with Crippen molar-refractivity contribution in [3.05, 3.63) is 80.8 Å². The van der Waals surface area contributed by atoms with Gasteiger partial charge in [-0.25, -0.2) is 0 Å². The van der Waals surface area contributed by atoms with Crippen molar-refractivity contribution < 1.29 is 9.59 Å². The predicted molar refractivity (Wildman–Crippen MR) is 178 cm³/mol. The highest BCUT2D eigenvalue weighted by molar-refractivity contribution is 7.15. The van der Waals surface area contributed by atoms with Crippen molar-refractivity contribution in [3.8, 4) is 0 Å². The molecule has 10 nitrogen and oxygen atoms in total. The number of carbonyl (C=O) groups is 2. The van der Waals surface area contributed by atoms with E-state index in [1.165, 1.54) is 28.2 Å². The molecule has 3 aliphatic rings. The van der Waals surface area contributed by atoms with Crippen molar-refractivity contribution in [1.82, 2.24) is 25.7 Å². The van der Waals surface area contributed by atoms with Crippen molar-refractivity contribution in [2.24, 2.45) is 4.99 Å². The molecular formula is C33H36N8O2S2. The van der Waals surface area contributed by atoms with Gasteiger partial charge in [-0.1, -0.05) is 71.6 Å². The fourth-order valence-electron chi connectivity index (χ4n) is 6.43. The fourth-order valence-corrected chi connectivity index (χ4v) is 8.25. The SMILES string of the molecule is O=C(Cc1cccc(C2=NC2)c1)Nc1nnc([C@H]2CCC[C@H](c3nnc(NC(=O)Cc4cccc(C5CCNCC5)c4)s3)C2)s1. The average molecular weight is 641 g/mol. The topological polar surface area (TPSA) is 134 Å². The van der Waals surface area contributed by atoms with Crippen LogP contribution in [0.2, 0.25) is 0 Å². The Morgan fingerprint density at radius 2 is 1.36 bits per heavy atom. The monoisotopic (exact) mass is 640 g/mol. The van der Waals surface area contributed by atoms with Crippen molar-refractivity contribution in [2.45, 2.75) is 69.1 Å². The largest absolute Gasteiger partial charge is 0.317 e. The fraction of sp³-hybridized carbons (Fsp3) is 0.424. The summed E-state index contributed by atoms with van der Waals surface area (Å²) in [4.78, 5) is 29.8. The number of aliphatic imine (C=N–C) groups is 1. The van der Waals surface area contributed by atoms with E-state index in [2.05, 4.69) is 59.5 Å². The number of carbonyl (C=O) groups excluding carboxylic acids is 2. The molecule has 2 fully saturated rings. The molecule has 2 aromatic heterocycles. The van der Waals surface area contributed by atoms with Crippen molar-refractivity contribution in [1.29, 1.82) is 0 Å². The highest BCUT2D eigenvalue weighted by Gasteiger charge is 2.29. The van der Waals surface area contributed by atoms with Crippen molar-refractivity contribution in [3.63, 3.8) is 0 Å². The zero-order chi connectivity index (χ0) is 30.6. The number of amides is 2. The molecule has 2 aromatic carbocycles. The molecule has 12 heteroatoms. The third-order valence-corrected chi connectivity index (χ3v) is 10.8. The Morgan fingerprint density at radius 1 is 0.756 bits per heavy atom. The van der Waals surface area contributed by atoms with Crippen LogP contribution in [-0.4, -0.2) is 57.6 Å². The number of hydrogen-bond donors (Lipinski definition) is 3. The second-order valence-electron chi connectivity index (χ2n) is 12.1. The molecule has 0 unspecified atom stereocenters. The van der Waals surface area contributed by atoms with Crippen LogP contribution in [0.15, 0.2) is 53.5 Å². The van der Waals surface area contributed by atoms with Gasteiger partial charge in [0.2, 0.25) is 22.1 Å². The van der Waals surface area contributed by atoms with Gasteiger partial charge in [-0.3, -0.25) is 14.6 Å². The van der Waals surface area contributed by atoms with E-state index in [-0.39, 0.29) is 30.1 Å². The number of benzene rings is 2. The summed E-state index contributed by atoms with van der Waals surface area (Å²) in [6, 6.07) is 16.4. The lowest BCUT2D eigenvalue weighted by Crippen LogP contribution is -2.26. The smallest absolute Gasteiger partial charge is 0.230 e. The maximum Gasteiger partial charge on any atom is 0.230 e. The van der Waals surface area contributed by atoms with Gasteiger partial charge >= 0.3 is 0 Å². The third-order valence-electron chi connectivity index (χ3n) is 8.81. The molecule has 7 rings (SSSR count). The van der Waals surface area contributed by atoms with E-state index >= 15 is 0 Å². The highest BCUT2D eigenvalue weighted by Crippen LogP contribution is 2.43. The van der Waals surface area contributed by atoms with E-state index < -0.39 is 0 Å². The zero-order valence-electron chi connectivity index (χ0n) is 25.0. The van der Waals surface area contributed by atoms with Gasteiger partial charge in [0.1, 0.15) is 10.0 Å². The molecule has 0 bridgehead atoms. The Morgan fingerprint density at radius 3 is 1.98 bits per heavy atom. The second-order valence-corrected chi connectivity index (χ2v) is 14.2. The van der Waals surface area contributed by atoms with Gasteiger partial charge in [0.15, 0.2) is 0 Å². The van der Waals surface area contributed by atoms with Crippen LogP contribution < -0.4 is 16.0 Å².